The molecule has 1 atom stereocenters. The Labute approximate surface area is 171 Å². The van der Waals surface area contributed by atoms with Gasteiger partial charge in [-0.25, -0.2) is 0 Å². The number of fused-ring (bicyclic) bond motifs is 1. The lowest BCUT2D eigenvalue weighted by atomic mass is 9.84. The average Bonchev–Trinajstić information content (AvgIpc) is 2.73. The molecule has 2 aromatic rings. The molecule has 0 radical (unpaired) electrons. The van der Waals surface area contributed by atoms with Crippen LogP contribution in [0.25, 0.3) is 0 Å². The second-order valence-electron chi connectivity index (χ2n) is 7.24. The molecule has 152 valence electrons. The quantitative estimate of drug-likeness (QED) is 0.783. The molecule has 1 aliphatic rings. The van der Waals surface area contributed by atoms with E-state index in [0.29, 0.717) is 17.9 Å². The van der Waals surface area contributed by atoms with E-state index in [0.717, 1.165) is 37.3 Å². The third kappa shape index (κ3) is 4.06. The molecule has 2 N–H and O–H groups in total. The molecule has 1 aromatic heterocycles. The number of allylic oxidation sites excluding steroid dienone is 1. The zero-order valence-electron chi connectivity index (χ0n) is 17.3. The van der Waals surface area contributed by atoms with Crippen LogP contribution in [0.15, 0.2) is 52.6 Å². The van der Waals surface area contributed by atoms with Crippen molar-refractivity contribution in [3.63, 3.8) is 0 Å². The fourth-order valence-electron chi connectivity index (χ4n) is 3.94. The minimum atomic E-state index is -0.521. The first-order chi connectivity index (χ1) is 14.0. The van der Waals surface area contributed by atoms with Gasteiger partial charge in [0.05, 0.1) is 11.5 Å². The van der Waals surface area contributed by atoms with Gasteiger partial charge in [0.25, 0.3) is 5.56 Å². The fourth-order valence-corrected chi connectivity index (χ4v) is 3.94. The Hall–Kier alpha value is -3.04. The summed E-state index contributed by atoms with van der Waals surface area (Å²) in [4.78, 5) is 15.8. The number of nitrogens with zero attached hydrogens (tertiary/aromatic N) is 3. The molecular formula is C23H28N4O2. The van der Waals surface area contributed by atoms with Gasteiger partial charge in [-0.2, -0.15) is 5.26 Å². The maximum atomic E-state index is 13.5. The summed E-state index contributed by atoms with van der Waals surface area (Å²) in [6.07, 6.45) is 0.876. The molecule has 0 amide bonds. The monoisotopic (exact) mass is 392 g/mol. The van der Waals surface area contributed by atoms with Crippen molar-refractivity contribution in [3.05, 3.63) is 75.0 Å². The SMILES string of the molecule is CCN(CC)CCCn1c(C)cc2c(c1=O)[C@@H](c1ccccc1)C(C#N)=C(N)O2. The average molecular weight is 393 g/mol. The highest BCUT2D eigenvalue weighted by atomic mass is 16.5. The van der Waals surface area contributed by atoms with Crippen LogP contribution < -0.4 is 16.0 Å². The molecule has 0 aliphatic carbocycles. The summed E-state index contributed by atoms with van der Waals surface area (Å²) in [6, 6.07) is 13.5. The van der Waals surface area contributed by atoms with E-state index in [1.165, 1.54) is 0 Å². The number of rotatable bonds is 7. The minimum absolute atomic E-state index is 0.0620. The smallest absolute Gasteiger partial charge is 0.258 e. The summed E-state index contributed by atoms with van der Waals surface area (Å²) in [5, 5.41) is 9.71. The first-order valence-corrected chi connectivity index (χ1v) is 10.1. The molecule has 1 aromatic carbocycles. The van der Waals surface area contributed by atoms with Crippen LogP contribution in [0, 0.1) is 18.3 Å². The third-order valence-corrected chi connectivity index (χ3v) is 5.57. The van der Waals surface area contributed by atoms with Crippen LogP contribution >= 0.6 is 0 Å². The summed E-state index contributed by atoms with van der Waals surface area (Å²) in [7, 11) is 0. The van der Waals surface area contributed by atoms with E-state index in [9.17, 15) is 10.1 Å². The summed E-state index contributed by atoms with van der Waals surface area (Å²) in [5.74, 6) is -0.0168. The fraction of sp³-hybridized carbons (Fsp3) is 0.391. The normalized spacial score (nSPS) is 15.8. The summed E-state index contributed by atoms with van der Waals surface area (Å²) < 4.78 is 7.48. The Bertz CT molecular complexity index is 998. The summed E-state index contributed by atoms with van der Waals surface area (Å²) in [5.41, 5.74) is 8.36. The van der Waals surface area contributed by atoms with Crippen LogP contribution in [0.4, 0.5) is 0 Å². The first kappa shape index (κ1) is 20.7. The van der Waals surface area contributed by atoms with E-state index in [1.54, 1.807) is 4.57 Å². The molecule has 1 aliphatic heterocycles. The minimum Gasteiger partial charge on any atom is -0.440 e. The van der Waals surface area contributed by atoms with Gasteiger partial charge in [-0.05, 0) is 38.5 Å². The molecule has 0 spiro atoms. The van der Waals surface area contributed by atoms with Crippen molar-refractivity contribution >= 4 is 0 Å². The van der Waals surface area contributed by atoms with Gasteiger partial charge in [0.1, 0.15) is 17.4 Å². The lowest BCUT2D eigenvalue weighted by molar-refractivity contribution is 0.292. The Kier molecular flexibility index (Phi) is 6.40. The molecule has 0 unspecified atom stereocenters. The van der Waals surface area contributed by atoms with Crippen molar-refractivity contribution in [2.45, 2.75) is 39.7 Å². The maximum Gasteiger partial charge on any atom is 0.258 e. The van der Waals surface area contributed by atoms with E-state index < -0.39 is 5.92 Å². The van der Waals surface area contributed by atoms with E-state index in [2.05, 4.69) is 24.8 Å². The molecule has 0 saturated carbocycles. The number of ether oxygens (including phenoxy) is 1. The van der Waals surface area contributed by atoms with Gasteiger partial charge in [0.15, 0.2) is 0 Å². The van der Waals surface area contributed by atoms with Crippen LogP contribution in [-0.2, 0) is 6.54 Å². The van der Waals surface area contributed by atoms with Crippen molar-refractivity contribution in [1.82, 2.24) is 9.47 Å². The topological polar surface area (TPSA) is 84.3 Å². The number of benzene rings is 1. The zero-order chi connectivity index (χ0) is 21.0. The van der Waals surface area contributed by atoms with Crippen LogP contribution in [0.3, 0.4) is 0 Å². The second kappa shape index (κ2) is 8.97. The number of pyridine rings is 1. The van der Waals surface area contributed by atoms with Crippen molar-refractivity contribution in [3.8, 4) is 11.8 Å². The van der Waals surface area contributed by atoms with Gasteiger partial charge >= 0.3 is 0 Å². The molecule has 6 heteroatoms. The molecule has 0 saturated heterocycles. The summed E-state index contributed by atoms with van der Waals surface area (Å²) in [6.45, 7) is 9.73. The van der Waals surface area contributed by atoms with Gasteiger partial charge in [-0.3, -0.25) is 4.79 Å². The van der Waals surface area contributed by atoms with Crippen molar-refractivity contribution in [2.24, 2.45) is 5.73 Å². The summed E-state index contributed by atoms with van der Waals surface area (Å²) >= 11 is 0. The molecule has 0 fully saturated rings. The highest BCUT2D eigenvalue weighted by Gasteiger charge is 2.34. The van der Waals surface area contributed by atoms with Gasteiger partial charge in [-0.15, -0.1) is 0 Å². The third-order valence-electron chi connectivity index (χ3n) is 5.57. The lowest BCUT2D eigenvalue weighted by Gasteiger charge is -2.27. The highest BCUT2D eigenvalue weighted by molar-refractivity contribution is 5.55. The number of nitrogens with two attached hydrogens (primary N) is 1. The van der Waals surface area contributed by atoms with E-state index >= 15 is 0 Å². The van der Waals surface area contributed by atoms with Gasteiger partial charge < -0.3 is 19.9 Å². The van der Waals surface area contributed by atoms with Crippen molar-refractivity contribution < 1.29 is 4.74 Å². The molecule has 6 nitrogen and oxygen atoms in total. The second-order valence-corrected chi connectivity index (χ2v) is 7.24. The van der Waals surface area contributed by atoms with Crippen LogP contribution in [0.5, 0.6) is 5.75 Å². The highest BCUT2D eigenvalue weighted by Crippen LogP contribution is 2.40. The lowest BCUT2D eigenvalue weighted by Crippen LogP contribution is -2.33. The van der Waals surface area contributed by atoms with Crippen molar-refractivity contribution in [1.29, 1.82) is 5.26 Å². The van der Waals surface area contributed by atoms with Crippen molar-refractivity contribution in [2.75, 3.05) is 19.6 Å². The first-order valence-electron chi connectivity index (χ1n) is 10.1. The van der Waals surface area contributed by atoms with E-state index in [4.69, 9.17) is 10.5 Å². The zero-order valence-corrected chi connectivity index (χ0v) is 17.3. The molecular weight excluding hydrogens is 364 g/mol. The maximum absolute atomic E-state index is 13.5. The number of hydrogen-bond acceptors (Lipinski definition) is 5. The Morgan fingerprint density at radius 3 is 2.55 bits per heavy atom. The van der Waals surface area contributed by atoms with Crippen LogP contribution in [-0.4, -0.2) is 29.1 Å². The molecule has 3 rings (SSSR count). The van der Waals surface area contributed by atoms with E-state index in [1.807, 2.05) is 43.3 Å². The molecule has 0 bridgehead atoms. The number of aromatic nitrogens is 1. The molecule has 2 heterocycles. The molecule has 29 heavy (non-hydrogen) atoms. The Morgan fingerprint density at radius 1 is 1.24 bits per heavy atom. The van der Waals surface area contributed by atoms with Crippen LogP contribution in [0.2, 0.25) is 0 Å². The Morgan fingerprint density at radius 2 is 1.93 bits per heavy atom. The largest absolute Gasteiger partial charge is 0.440 e. The predicted octanol–water partition coefficient (Wildman–Crippen LogP) is 3.11. The van der Waals surface area contributed by atoms with Gasteiger partial charge in [-0.1, -0.05) is 44.2 Å². The number of aryl methyl sites for hydroxylation is 1. The van der Waals surface area contributed by atoms with Gasteiger partial charge in [0.2, 0.25) is 5.88 Å². The predicted molar refractivity (Wildman–Crippen MR) is 114 cm³/mol. The van der Waals surface area contributed by atoms with Gasteiger partial charge in [0, 0.05) is 18.3 Å². The number of nitriles is 1. The standard InChI is InChI=1S/C23H28N4O2/c1-4-26(5-2)12-9-13-27-16(3)14-19-21(23(27)28)20(17-10-7-6-8-11-17)18(15-24)22(25)29-19/h6-8,10-11,14,20H,4-5,9,12-13,25H2,1-3H3/t20-/m0/s1. The Balaban J connectivity index is 2.05. The van der Waals surface area contributed by atoms with E-state index in [-0.39, 0.29) is 17.0 Å². The number of hydrogen-bond donors (Lipinski definition) is 1. The van der Waals surface area contributed by atoms with Crippen LogP contribution in [0.1, 0.15) is 43.0 Å².